The maximum atomic E-state index is 12.0. The van der Waals surface area contributed by atoms with Crippen LogP contribution < -0.4 is 4.74 Å². The van der Waals surface area contributed by atoms with Gasteiger partial charge in [-0.15, -0.1) is 0 Å². The van der Waals surface area contributed by atoms with Gasteiger partial charge >= 0.3 is 5.97 Å². The molecule has 19 heavy (non-hydrogen) atoms. The van der Waals surface area contributed by atoms with Gasteiger partial charge in [-0.1, -0.05) is 18.2 Å². The first-order valence-corrected chi connectivity index (χ1v) is 6.12. The van der Waals surface area contributed by atoms with Crippen molar-refractivity contribution in [1.29, 1.82) is 0 Å². The number of carbonyl (C=O) groups is 2. The monoisotopic (exact) mass is 265 g/mol. The summed E-state index contributed by atoms with van der Waals surface area (Å²) in [5, 5.41) is 8.55. The van der Waals surface area contributed by atoms with Gasteiger partial charge in [-0.05, 0) is 12.5 Å². The quantitative estimate of drug-likeness (QED) is 0.812. The van der Waals surface area contributed by atoms with E-state index >= 15 is 0 Å². The van der Waals surface area contributed by atoms with Gasteiger partial charge in [0, 0.05) is 25.6 Å². The SMILES string of the molecule is COc1ccccc1CC(=O)N(C)CCCC(=O)O. The van der Waals surface area contributed by atoms with Crippen LogP contribution in [0, 0.1) is 0 Å². The number of para-hydroxylation sites is 1. The van der Waals surface area contributed by atoms with Gasteiger partial charge in [0.05, 0.1) is 13.5 Å². The number of amides is 1. The van der Waals surface area contributed by atoms with Crippen molar-refractivity contribution in [2.24, 2.45) is 0 Å². The van der Waals surface area contributed by atoms with Crippen molar-refractivity contribution in [2.45, 2.75) is 19.3 Å². The van der Waals surface area contributed by atoms with E-state index < -0.39 is 5.97 Å². The summed E-state index contributed by atoms with van der Waals surface area (Å²) < 4.78 is 5.19. The second-order valence-corrected chi connectivity index (χ2v) is 4.30. The van der Waals surface area contributed by atoms with Crippen molar-refractivity contribution in [3.8, 4) is 5.75 Å². The number of rotatable bonds is 7. The molecular weight excluding hydrogens is 246 g/mol. The van der Waals surface area contributed by atoms with E-state index in [0.717, 1.165) is 5.56 Å². The van der Waals surface area contributed by atoms with Gasteiger partial charge in [0.1, 0.15) is 5.75 Å². The van der Waals surface area contributed by atoms with Crippen LogP contribution in [0.4, 0.5) is 0 Å². The van der Waals surface area contributed by atoms with Crippen LogP contribution in [0.5, 0.6) is 5.75 Å². The molecular formula is C14H19NO4. The molecule has 0 atom stereocenters. The van der Waals surface area contributed by atoms with E-state index in [-0.39, 0.29) is 18.7 Å². The predicted octanol–water partition coefficient (Wildman–Crippen LogP) is 1.56. The van der Waals surface area contributed by atoms with E-state index in [0.29, 0.717) is 18.7 Å². The molecule has 1 N–H and O–H groups in total. The highest BCUT2D eigenvalue weighted by atomic mass is 16.5. The minimum Gasteiger partial charge on any atom is -0.496 e. The summed E-state index contributed by atoms with van der Waals surface area (Å²) in [6.07, 6.45) is 0.795. The Hall–Kier alpha value is -2.04. The number of aliphatic carboxylic acids is 1. The summed E-state index contributed by atoms with van der Waals surface area (Å²) in [5.41, 5.74) is 0.833. The number of hydrogen-bond donors (Lipinski definition) is 1. The van der Waals surface area contributed by atoms with Gasteiger partial charge in [-0.25, -0.2) is 0 Å². The Morgan fingerprint density at radius 1 is 1.32 bits per heavy atom. The summed E-state index contributed by atoms with van der Waals surface area (Å²) in [5.74, 6) is -0.199. The lowest BCUT2D eigenvalue weighted by Crippen LogP contribution is -2.29. The van der Waals surface area contributed by atoms with Gasteiger partial charge in [-0.2, -0.15) is 0 Å². The highest BCUT2D eigenvalue weighted by molar-refractivity contribution is 5.79. The summed E-state index contributed by atoms with van der Waals surface area (Å²) in [6, 6.07) is 7.37. The van der Waals surface area contributed by atoms with E-state index in [1.54, 1.807) is 19.1 Å². The van der Waals surface area contributed by atoms with Crippen molar-refractivity contribution >= 4 is 11.9 Å². The zero-order valence-corrected chi connectivity index (χ0v) is 11.3. The van der Waals surface area contributed by atoms with Gasteiger partial charge in [-0.3, -0.25) is 9.59 Å². The average Bonchev–Trinajstić information content (AvgIpc) is 2.38. The molecule has 0 unspecified atom stereocenters. The first-order valence-electron chi connectivity index (χ1n) is 6.12. The minimum atomic E-state index is -0.842. The Morgan fingerprint density at radius 2 is 2.00 bits per heavy atom. The van der Waals surface area contributed by atoms with Crippen LogP contribution in [0.2, 0.25) is 0 Å². The highest BCUT2D eigenvalue weighted by Gasteiger charge is 2.12. The second kappa shape index (κ2) is 7.41. The largest absolute Gasteiger partial charge is 0.496 e. The Balaban J connectivity index is 2.51. The Bertz CT molecular complexity index is 445. The fourth-order valence-corrected chi connectivity index (χ4v) is 1.74. The Labute approximate surface area is 112 Å². The molecule has 1 rings (SSSR count). The molecule has 0 spiro atoms. The molecule has 0 aromatic heterocycles. The number of likely N-dealkylation sites (N-methyl/N-ethyl adjacent to an activating group) is 1. The Morgan fingerprint density at radius 3 is 2.63 bits per heavy atom. The maximum Gasteiger partial charge on any atom is 0.303 e. The molecule has 104 valence electrons. The number of nitrogens with zero attached hydrogens (tertiary/aromatic N) is 1. The van der Waals surface area contributed by atoms with Crippen molar-refractivity contribution in [3.05, 3.63) is 29.8 Å². The van der Waals surface area contributed by atoms with E-state index in [1.165, 1.54) is 0 Å². The smallest absolute Gasteiger partial charge is 0.303 e. The third-order valence-electron chi connectivity index (χ3n) is 2.84. The lowest BCUT2D eigenvalue weighted by Gasteiger charge is -2.17. The van der Waals surface area contributed by atoms with Gasteiger partial charge in [0.25, 0.3) is 0 Å². The topological polar surface area (TPSA) is 66.8 Å². The van der Waals surface area contributed by atoms with Crippen LogP contribution in [0.1, 0.15) is 18.4 Å². The molecule has 0 bridgehead atoms. The van der Waals surface area contributed by atoms with E-state index in [4.69, 9.17) is 9.84 Å². The van der Waals surface area contributed by atoms with E-state index in [1.807, 2.05) is 24.3 Å². The molecule has 0 heterocycles. The molecule has 0 saturated carbocycles. The molecule has 1 aromatic rings. The number of carboxylic acids is 1. The number of carboxylic acid groups (broad SMARTS) is 1. The molecule has 5 nitrogen and oxygen atoms in total. The molecule has 0 radical (unpaired) electrons. The fourth-order valence-electron chi connectivity index (χ4n) is 1.74. The van der Waals surface area contributed by atoms with Crippen LogP contribution >= 0.6 is 0 Å². The van der Waals surface area contributed by atoms with Crippen LogP contribution in [0.15, 0.2) is 24.3 Å². The zero-order valence-electron chi connectivity index (χ0n) is 11.3. The molecule has 5 heteroatoms. The number of hydrogen-bond acceptors (Lipinski definition) is 3. The van der Waals surface area contributed by atoms with Gasteiger partial charge in [0.2, 0.25) is 5.91 Å². The number of ether oxygens (including phenoxy) is 1. The lowest BCUT2D eigenvalue weighted by atomic mass is 10.1. The van der Waals surface area contributed by atoms with Crippen LogP contribution in [-0.2, 0) is 16.0 Å². The molecule has 0 aliphatic heterocycles. The highest BCUT2D eigenvalue weighted by Crippen LogP contribution is 2.18. The first kappa shape index (κ1) is 15.0. The summed E-state index contributed by atoms with van der Waals surface area (Å²) in [7, 11) is 3.25. The third kappa shape index (κ3) is 4.99. The standard InChI is InChI=1S/C14H19NO4/c1-15(9-5-8-14(17)18)13(16)10-11-6-3-4-7-12(11)19-2/h3-4,6-7H,5,8-10H2,1-2H3,(H,17,18). The maximum absolute atomic E-state index is 12.0. The second-order valence-electron chi connectivity index (χ2n) is 4.30. The van der Waals surface area contributed by atoms with Crippen LogP contribution in [0.25, 0.3) is 0 Å². The van der Waals surface area contributed by atoms with Crippen molar-refractivity contribution in [3.63, 3.8) is 0 Å². The number of methoxy groups -OCH3 is 1. The van der Waals surface area contributed by atoms with Crippen LogP contribution in [0.3, 0.4) is 0 Å². The first-order chi connectivity index (χ1) is 9.04. The molecule has 0 saturated heterocycles. The summed E-state index contributed by atoms with van der Waals surface area (Å²) in [4.78, 5) is 23.9. The van der Waals surface area contributed by atoms with Crippen molar-refractivity contribution in [1.82, 2.24) is 4.90 Å². The summed E-state index contributed by atoms with van der Waals surface area (Å²) in [6.45, 7) is 0.445. The van der Waals surface area contributed by atoms with E-state index in [9.17, 15) is 9.59 Å². The molecule has 0 aliphatic rings. The number of carbonyl (C=O) groups excluding carboxylic acids is 1. The van der Waals surface area contributed by atoms with Gasteiger partial charge < -0.3 is 14.7 Å². The molecule has 1 aromatic carbocycles. The zero-order chi connectivity index (χ0) is 14.3. The minimum absolute atomic E-state index is 0.0464. The van der Waals surface area contributed by atoms with Crippen LogP contribution in [-0.4, -0.2) is 42.6 Å². The third-order valence-corrected chi connectivity index (χ3v) is 2.84. The average molecular weight is 265 g/mol. The summed E-state index contributed by atoms with van der Waals surface area (Å²) >= 11 is 0. The number of benzene rings is 1. The molecule has 0 aliphatic carbocycles. The van der Waals surface area contributed by atoms with Gasteiger partial charge in [0.15, 0.2) is 0 Å². The molecule has 1 amide bonds. The Kier molecular flexibility index (Phi) is 5.85. The normalized spacial score (nSPS) is 10.0. The van der Waals surface area contributed by atoms with Crippen molar-refractivity contribution < 1.29 is 19.4 Å². The predicted molar refractivity (Wildman–Crippen MR) is 71.2 cm³/mol. The van der Waals surface area contributed by atoms with E-state index in [2.05, 4.69) is 0 Å². The fraction of sp³-hybridized carbons (Fsp3) is 0.429. The molecule has 0 fully saturated rings. The lowest BCUT2D eigenvalue weighted by molar-refractivity contribution is -0.138. The van der Waals surface area contributed by atoms with Crippen molar-refractivity contribution in [2.75, 3.05) is 20.7 Å².